The molecular weight excluding hydrogens is 328 g/mol. The molecule has 2 aromatic carbocycles. The van der Waals surface area contributed by atoms with Gasteiger partial charge in [-0.15, -0.1) is 0 Å². The molecule has 0 radical (unpaired) electrons. The number of anilines is 1. The number of fused-ring (bicyclic) bond motifs is 1. The Labute approximate surface area is 168 Å². The van der Waals surface area contributed by atoms with Gasteiger partial charge in [0.1, 0.15) is 7.05 Å². The predicted molar refractivity (Wildman–Crippen MR) is 124 cm³/mol. The van der Waals surface area contributed by atoms with Crippen molar-refractivity contribution in [3.05, 3.63) is 59.7 Å². The molecule has 0 N–H and O–H groups in total. The third-order valence-corrected chi connectivity index (χ3v) is 4.90. The fourth-order valence-electron chi connectivity index (χ4n) is 2.93. The summed E-state index contributed by atoms with van der Waals surface area (Å²) in [5, 5.41) is 0. The minimum absolute atomic E-state index is 0.200. The minimum Gasteiger partial charge on any atom is -0.378 e. The molecule has 0 saturated heterocycles. The number of benzene rings is 2. The highest BCUT2D eigenvalue weighted by atomic mass is 15.1. The van der Waals surface area contributed by atoms with Gasteiger partial charge in [0.15, 0.2) is 5.71 Å². The van der Waals surface area contributed by atoms with Crippen molar-refractivity contribution >= 4 is 17.1 Å². The van der Waals surface area contributed by atoms with Gasteiger partial charge in [0, 0.05) is 38.3 Å². The van der Waals surface area contributed by atoms with Crippen LogP contribution in [0.3, 0.4) is 0 Å². The Morgan fingerprint density at radius 3 is 1.70 bits per heavy atom. The van der Waals surface area contributed by atoms with E-state index in [1.807, 2.05) is 41.8 Å². The van der Waals surface area contributed by atoms with Crippen LogP contribution >= 0.6 is 0 Å². The zero-order valence-electron chi connectivity index (χ0n) is 19.5. The van der Waals surface area contributed by atoms with Gasteiger partial charge in [0.05, 0.1) is 5.41 Å². The summed E-state index contributed by atoms with van der Waals surface area (Å²) in [4.78, 5) is 2.10. The van der Waals surface area contributed by atoms with E-state index in [4.69, 9.17) is 0 Å². The van der Waals surface area contributed by atoms with Crippen LogP contribution in [0.15, 0.2) is 48.5 Å². The molecule has 27 heavy (non-hydrogen) atoms. The molecule has 1 aliphatic rings. The quantitative estimate of drug-likeness (QED) is 0.499. The number of hydrogen-bond donors (Lipinski definition) is 0. The van der Waals surface area contributed by atoms with Gasteiger partial charge in [-0.05, 0) is 32.9 Å². The van der Waals surface area contributed by atoms with E-state index in [1.54, 1.807) is 0 Å². The lowest BCUT2D eigenvalue weighted by Crippen LogP contribution is -2.25. The first-order chi connectivity index (χ1) is 12.7. The second kappa shape index (κ2) is 11.6. The largest absolute Gasteiger partial charge is 0.378 e. The summed E-state index contributed by atoms with van der Waals surface area (Å²) in [6.07, 6.45) is 0. The van der Waals surface area contributed by atoms with E-state index < -0.39 is 0 Å². The van der Waals surface area contributed by atoms with Crippen LogP contribution in [0.5, 0.6) is 0 Å². The molecule has 2 heteroatoms. The molecule has 1 aliphatic heterocycles. The normalized spacial score (nSPS) is 13.1. The number of hydrogen-bond acceptors (Lipinski definition) is 1. The van der Waals surface area contributed by atoms with Gasteiger partial charge < -0.3 is 4.90 Å². The first-order valence-electron chi connectivity index (χ1n) is 10.2. The summed E-state index contributed by atoms with van der Waals surface area (Å²) in [6, 6.07) is 17.1. The zero-order chi connectivity index (χ0) is 21.2. The molecule has 2 aromatic rings. The number of nitrogens with zero attached hydrogens (tertiary/aromatic N) is 2. The van der Waals surface area contributed by atoms with E-state index in [-0.39, 0.29) is 5.41 Å². The number of rotatable bonds is 1. The van der Waals surface area contributed by atoms with Crippen molar-refractivity contribution in [1.82, 2.24) is 0 Å². The second-order valence-corrected chi connectivity index (χ2v) is 7.02. The van der Waals surface area contributed by atoms with Crippen molar-refractivity contribution in [3.63, 3.8) is 0 Å². The SMILES string of the molecule is CC.CC.CC1=[N+](C)c2ccccc2C1(C)C.Cc1ccc(N(C)C)cc1. The Morgan fingerprint density at radius 1 is 0.778 bits per heavy atom. The van der Waals surface area contributed by atoms with Crippen LogP contribution in [0, 0.1) is 6.92 Å². The summed E-state index contributed by atoms with van der Waals surface area (Å²) >= 11 is 0. The van der Waals surface area contributed by atoms with Crippen molar-refractivity contribution in [1.29, 1.82) is 0 Å². The van der Waals surface area contributed by atoms with Crippen molar-refractivity contribution in [3.8, 4) is 0 Å². The van der Waals surface area contributed by atoms with Crippen molar-refractivity contribution in [2.24, 2.45) is 0 Å². The topological polar surface area (TPSA) is 6.25 Å². The van der Waals surface area contributed by atoms with E-state index in [0.717, 1.165) is 0 Å². The van der Waals surface area contributed by atoms with E-state index in [2.05, 4.69) is 92.7 Å². The molecule has 1 heterocycles. The Balaban J connectivity index is 0.000000434. The summed E-state index contributed by atoms with van der Waals surface area (Å²) in [5.74, 6) is 0. The van der Waals surface area contributed by atoms with Crippen molar-refractivity contribution in [2.45, 2.75) is 60.8 Å². The Morgan fingerprint density at radius 2 is 1.26 bits per heavy atom. The zero-order valence-corrected chi connectivity index (χ0v) is 19.5. The van der Waals surface area contributed by atoms with Gasteiger partial charge in [-0.3, -0.25) is 0 Å². The summed E-state index contributed by atoms with van der Waals surface area (Å²) in [6.45, 7) is 16.9. The van der Waals surface area contributed by atoms with Crippen LogP contribution in [0.2, 0.25) is 0 Å². The highest BCUT2D eigenvalue weighted by Gasteiger charge is 2.40. The highest BCUT2D eigenvalue weighted by molar-refractivity contribution is 5.93. The second-order valence-electron chi connectivity index (χ2n) is 7.02. The first kappa shape index (κ1) is 24.9. The van der Waals surface area contributed by atoms with E-state index in [1.165, 1.54) is 28.2 Å². The molecule has 0 fully saturated rings. The lowest BCUT2D eigenvalue weighted by atomic mass is 9.82. The molecule has 2 nitrogen and oxygen atoms in total. The molecule has 0 bridgehead atoms. The van der Waals surface area contributed by atoms with Gasteiger partial charge in [0.25, 0.3) is 0 Å². The van der Waals surface area contributed by atoms with Crippen LogP contribution in [-0.4, -0.2) is 31.4 Å². The van der Waals surface area contributed by atoms with Crippen molar-refractivity contribution < 1.29 is 4.58 Å². The number of aryl methyl sites for hydroxylation is 1. The smallest absolute Gasteiger partial charge is 0.209 e. The maximum absolute atomic E-state index is 2.29. The average molecular weight is 370 g/mol. The van der Waals surface area contributed by atoms with Crippen LogP contribution in [0.1, 0.15) is 59.6 Å². The molecule has 0 unspecified atom stereocenters. The summed E-state index contributed by atoms with van der Waals surface area (Å²) < 4.78 is 2.29. The Kier molecular flexibility index (Phi) is 10.7. The Hall–Kier alpha value is -2.09. The monoisotopic (exact) mass is 369 g/mol. The maximum Gasteiger partial charge on any atom is 0.209 e. The summed E-state index contributed by atoms with van der Waals surface area (Å²) in [7, 11) is 6.23. The molecule has 0 amide bonds. The fourth-order valence-corrected chi connectivity index (χ4v) is 2.93. The van der Waals surface area contributed by atoms with Crippen molar-refractivity contribution in [2.75, 3.05) is 26.0 Å². The fraction of sp³-hybridized carbons (Fsp3) is 0.480. The van der Waals surface area contributed by atoms with Crippen LogP contribution < -0.4 is 4.90 Å². The standard InChI is InChI=1S/C12H16N.C9H13N.2C2H6/c1-9-12(2,3)10-7-5-6-8-11(10)13(9)4;1-8-4-6-9(7-5-8)10(2)3;2*1-2/h5-8H,1-4H3;4-7H,1-3H3;2*1-2H3/q+1;;;. The third kappa shape index (κ3) is 6.23. The van der Waals surface area contributed by atoms with Crippen LogP contribution in [-0.2, 0) is 5.41 Å². The maximum atomic E-state index is 2.29. The lowest BCUT2D eigenvalue weighted by Gasteiger charge is -2.14. The molecule has 3 rings (SSSR count). The van der Waals surface area contributed by atoms with E-state index >= 15 is 0 Å². The van der Waals surface area contributed by atoms with Crippen LogP contribution in [0.25, 0.3) is 0 Å². The lowest BCUT2D eigenvalue weighted by molar-refractivity contribution is -0.403. The molecule has 0 spiro atoms. The molecule has 0 atom stereocenters. The predicted octanol–water partition coefficient (Wildman–Crippen LogP) is 6.83. The molecule has 0 aromatic heterocycles. The van der Waals surface area contributed by atoms with Crippen LogP contribution in [0.4, 0.5) is 11.4 Å². The van der Waals surface area contributed by atoms with Gasteiger partial charge in [0.2, 0.25) is 5.69 Å². The highest BCUT2D eigenvalue weighted by Crippen LogP contribution is 2.38. The average Bonchev–Trinajstić information content (AvgIpc) is 2.87. The number of para-hydroxylation sites is 1. The molecule has 0 saturated carbocycles. The molecular formula is C25H41N2+. The third-order valence-electron chi connectivity index (χ3n) is 4.90. The summed E-state index contributed by atoms with van der Waals surface area (Å²) in [5.41, 5.74) is 6.98. The van der Waals surface area contributed by atoms with Gasteiger partial charge in [-0.2, -0.15) is 0 Å². The van der Waals surface area contributed by atoms with E-state index in [9.17, 15) is 0 Å². The van der Waals surface area contributed by atoms with Gasteiger partial charge in [-0.25, -0.2) is 4.58 Å². The van der Waals surface area contributed by atoms with E-state index in [0.29, 0.717) is 0 Å². The minimum atomic E-state index is 0.200. The Bertz CT molecular complexity index is 707. The molecule has 0 aliphatic carbocycles. The van der Waals surface area contributed by atoms with Gasteiger partial charge >= 0.3 is 0 Å². The first-order valence-corrected chi connectivity index (χ1v) is 10.2. The van der Waals surface area contributed by atoms with Gasteiger partial charge in [-0.1, -0.05) is 63.6 Å². The molecule has 150 valence electrons.